The number of rotatable bonds is 10. The molecule has 0 N–H and O–H groups in total. The van der Waals surface area contributed by atoms with E-state index < -0.39 is 0 Å². The molecule has 120 valence electrons. The van der Waals surface area contributed by atoms with Gasteiger partial charge in [-0.05, 0) is 0 Å². The third-order valence-corrected chi connectivity index (χ3v) is 3.15. The molecule has 0 fully saturated rings. The van der Waals surface area contributed by atoms with E-state index in [0.29, 0.717) is 30.5 Å². The van der Waals surface area contributed by atoms with Gasteiger partial charge in [-0.3, -0.25) is 0 Å². The number of methoxy groups -OCH3 is 5. The van der Waals surface area contributed by atoms with Crippen LogP contribution in [0.2, 0.25) is 0 Å². The Balaban J connectivity index is 3.10. The van der Waals surface area contributed by atoms with E-state index in [4.69, 9.17) is 23.7 Å². The number of nitrogens with zero attached hydrogens (tertiary/aromatic N) is 1. The van der Waals surface area contributed by atoms with Crippen LogP contribution in [0.15, 0.2) is 12.1 Å². The molecule has 0 heterocycles. The Morgan fingerprint density at radius 3 is 1.57 bits per heavy atom. The highest BCUT2D eigenvalue weighted by atomic mass is 16.5. The Labute approximate surface area is 126 Å². The van der Waals surface area contributed by atoms with E-state index in [-0.39, 0.29) is 0 Å². The maximum atomic E-state index is 5.38. The van der Waals surface area contributed by atoms with Crippen molar-refractivity contribution in [3.05, 3.63) is 12.1 Å². The van der Waals surface area contributed by atoms with Crippen LogP contribution in [0.4, 0.5) is 5.69 Å². The summed E-state index contributed by atoms with van der Waals surface area (Å²) >= 11 is 0. The van der Waals surface area contributed by atoms with Gasteiger partial charge in [0.05, 0.1) is 34.5 Å². The molecule has 0 aliphatic heterocycles. The van der Waals surface area contributed by atoms with Crippen molar-refractivity contribution in [2.45, 2.75) is 0 Å². The second-order valence-corrected chi connectivity index (χ2v) is 4.36. The molecule has 1 aromatic rings. The minimum atomic E-state index is 0.585. The number of ether oxygens (including phenoxy) is 5. The van der Waals surface area contributed by atoms with Crippen LogP contribution in [0.1, 0.15) is 0 Å². The molecular formula is C15H25NO5. The Kier molecular flexibility index (Phi) is 7.71. The second kappa shape index (κ2) is 9.31. The summed E-state index contributed by atoms with van der Waals surface area (Å²) in [6, 6.07) is 3.85. The SMILES string of the molecule is COCCN(CCOC)c1cc(OC)c(OC)c(OC)c1. The summed E-state index contributed by atoms with van der Waals surface area (Å²) in [6.45, 7) is 2.75. The molecule has 0 aliphatic carbocycles. The average molecular weight is 299 g/mol. The highest BCUT2D eigenvalue weighted by molar-refractivity contribution is 5.63. The molecule has 0 spiro atoms. The van der Waals surface area contributed by atoms with E-state index in [1.165, 1.54) is 0 Å². The van der Waals surface area contributed by atoms with Gasteiger partial charge in [-0.1, -0.05) is 0 Å². The van der Waals surface area contributed by atoms with E-state index >= 15 is 0 Å². The van der Waals surface area contributed by atoms with Crippen molar-refractivity contribution in [3.8, 4) is 17.2 Å². The first kappa shape index (κ1) is 17.4. The second-order valence-electron chi connectivity index (χ2n) is 4.36. The summed E-state index contributed by atoms with van der Waals surface area (Å²) in [6.07, 6.45) is 0. The lowest BCUT2D eigenvalue weighted by molar-refractivity contribution is 0.190. The molecule has 0 saturated heterocycles. The number of hydrogen-bond donors (Lipinski definition) is 0. The van der Waals surface area contributed by atoms with Gasteiger partial charge in [-0.25, -0.2) is 0 Å². The summed E-state index contributed by atoms with van der Waals surface area (Å²) in [5.41, 5.74) is 0.971. The van der Waals surface area contributed by atoms with Gasteiger partial charge in [0.25, 0.3) is 0 Å². The van der Waals surface area contributed by atoms with E-state index in [9.17, 15) is 0 Å². The van der Waals surface area contributed by atoms with Gasteiger partial charge in [-0.2, -0.15) is 0 Å². The van der Waals surface area contributed by atoms with Crippen molar-refractivity contribution in [2.75, 3.05) is 66.8 Å². The third-order valence-electron chi connectivity index (χ3n) is 3.15. The highest BCUT2D eigenvalue weighted by Gasteiger charge is 2.16. The highest BCUT2D eigenvalue weighted by Crippen LogP contribution is 2.40. The van der Waals surface area contributed by atoms with Crippen LogP contribution in [0.3, 0.4) is 0 Å². The largest absolute Gasteiger partial charge is 0.493 e. The minimum absolute atomic E-state index is 0.585. The van der Waals surface area contributed by atoms with E-state index in [2.05, 4.69) is 4.90 Å². The van der Waals surface area contributed by atoms with Gasteiger partial charge in [0.1, 0.15) is 0 Å². The molecule has 0 aliphatic rings. The minimum Gasteiger partial charge on any atom is -0.493 e. The molecule has 0 atom stereocenters. The normalized spacial score (nSPS) is 10.3. The predicted octanol–water partition coefficient (Wildman–Crippen LogP) is 1.81. The number of anilines is 1. The fourth-order valence-corrected chi connectivity index (χ4v) is 2.02. The van der Waals surface area contributed by atoms with E-state index in [0.717, 1.165) is 18.8 Å². The molecule has 1 aromatic carbocycles. The molecule has 0 amide bonds. The molecule has 0 radical (unpaired) electrons. The Morgan fingerprint density at radius 2 is 1.24 bits per heavy atom. The van der Waals surface area contributed by atoms with Crippen molar-refractivity contribution in [2.24, 2.45) is 0 Å². The van der Waals surface area contributed by atoms with Crippen molar-refractivity contribution < 1.29 is 23.7 Å². The summed E-state index contributed by atoms with van der Waals surface area (Å²) in [5.74, 6) is 1.85. The molecule has 0 unspecified atom stereocenters. The first-order valence-electron chi connectivity index (χ1n) is 6.74. The summed E-state index contributed by atoms with van der Waals surface area (Å²) in [5, 5.41) is 0. The zero-order valence-corrected chi connectivity index (χ0v) is 13.5. The first-order valence-corrected chi connectivity index (χ1v) is 6.74. The summed E-state index contributed by atoms with van der Waals surface area (Å²) < 4.78 is 26.4. The lowest BCUT2D eigenvalue weighted by atomic mass is 10.2. The number of benzene rings is 1. The van der Waals surface area contributed by atoms with Gasteiger partial charge in [0.15, 0.2) is 11.5 Å². The Morgan fingerprint density at radius 1 is 0.762 bits per heavy atom. The quantitative estimate of drug-likeness (QED) is 0.657. The van der Waals surface area contributed by atoms with Crippen LogP contribution in [-0.2, 0) is 9.47 Å². The molecule has 6 nitrogen and oxygen atoms in total. The Hall–Kier alpha value is -1.66. The van der Waals surface area contributed by atoms with Crippen molar-refractivity contribution in [1.82, 2.24) is 0 Å². The summed E-state index contributed by atoms with van der Waals surface area (Å²) in [7, 11) is 8.17. The molecule has 0 saturated carbocycles. The van der Waals surface area contributed by atoms with Gasteiger partial charge < -0.3 is 28.6 Å². The van der Waals surface area contributed by atoms with E-state index in [1.54, 1.807) is 35.5 Å². The first-order chi connectivity index (χ1) is 10.2. The fraction of sp³-hybridized carbons (Fsp3) is 0.600. The Bertz CT molecular complexity index is 392. The fourth-order valence-electron chi connectivity index (χ4n) is 2.02. The van der Waals surface area contributed by atoms with Crippen molar-refractivity contribution in [3.63, 3.8) is 0 Å². The lowest BCUT2D eigenvalue weighted by Gasteiger charge is -2.26. The monoisotopic (exact) mass is 299 g/mol. The van der Waals surface area contributed by atoms with Crippen LogP contribution < -0.4 is 19.1 Å². The van der Waals surface area contributed by atoms with Crippen LogP contribution in [0.5, 0.6) is 17.2 Å². The van der Waals surface area contributed by atoms with Gasteiger partial charge >= 0.3 is 0 Å². The van der Waals surface area contributed by atoms with Crippen molar-refractivity contribution in [1.29, 1.82) is 0 Å². The lowest BCUT2D eigenvalue weighted by Crippen LogP contribution is -2.30. The molecule has 6 heteroatoms. The van der Waals surface area contributed by atoms with E-state index in [1.807, 2.05) is 12.1 Å². The zero-order chi connectivity index (χ0) is 15.7. The van der Waals surface area contributed by atoms with Gasteiger partial charge in [-0.15, -0.1) is 0 Å². The topological polar surface area (TPSA) is 49.4 Å². The molecule has 1 rings (SSSR count). The van der Waals surface area contributed by atoms with Crippen molar-refractivity contribution >= 4 is 5.69 Å². The van der Waals surface area contributed by atoms with Crippen LogP contribution in [-0.4, -0.2) is 61.9 Å². The van der Waals surface area contributed by atoms with Crippen LogP contribution >= 0.6 is 0 Å². The molecule has 0 bridgehead atoms. The average Bonchev–Trinajstić information content (AvgIpc) is 2.53. The zero-order valence-electron chi connectivity index (χ0n) is 13.5. The molecular weight excluding hydrogens is 274 g/mol. The van der Waals surface area contributed by atoms with Crippen LogP contribution in [0.25, 0.3) is 0 Å². The number of hydrogen-bond acceptors (Lipinski definition) is 6. The smallest absolute Gasteiger partial charge is 0.203 e. The molecule has 21 heavy (non-hydrogen) atoms. The summed E-state index contributed by atoms with van der Waals surface area (Å²) in [4.78, 5) is 2.15. The maximum Gasteiger partial charge on any atom is 0.203 e. The van der Waals surface area contributed by atoms with Gasteiger partial charge in [0.2, 0.25) is 5.75 Å². The third kappa shape index (κ3) is 4.68. The van der Waals surface area contributed by atoms with Gasteiger partial charge in [0, 0.05) is 45.1 Å². The van der Waals surface area contributed by atoms with Crippen LogP contribution in [0, 0.1) is 0 Å². The maximum absolute atomic E-state index is 5.38. The predicted molar refractivity (Wildman–Crippen MR) is 82.1 cm³/mol. The molecule has 0 aromatic heterocycles. The standard InChI is InChI=1S/C15H25NO5/c1-17-8-6-16(7-9-18-2)12-10-13(19-3)15(21-5)14(11-12)20-4/h10-11H,6-9H2,1-5H3.